The third-order valence-electron chi connectivity index (χ3n) is 0.687. The van der Waals surface area contributed by atoms with Crippen LogP contribution in [0.2, 0.25) is 0 Å². The topological polar surface area (TPSA) is 38.7 Å². The molecule has 0 aromatic carbocycles. The minimum atomic E-state index is -1.11. The Labute approximate surface area is 55.7 Å². The van der Waals surface area contributed by atoms with Gasteiger partial charge in [0.15, 0.2) is 0 Å². The van der Waals surface area contributed by atoms with E-state index >= 15 is 0 Å². The van der Waals surface area contributed by atoms with Crippen molar-refractivity contribution in [2.24, 2.45) is 4.40 Å². The molecular weight excluding hydrogens is 144 g/mol. The Morgan fingerprint density at radius 1 is 1.88 bits per heavy atom. The maximum Gasteiger partial charge on any atom is 0.205 e. The minimum Gasteiger partial charge on any atom is -0.571 e. The second-order valence-electron chi connectivity index (χ2n) is 1.37. The van der Waals surface area contributed by atoms with Crippen LogP contribution in [0.5, 0.6) is 0 Å². The fraction of sp³-hybridized carbons (Fsp3) is 0.667. The van der Waals surface area contributed by atoms with E-state index in [0.29, 0.717) is 0 Å². The number of hydrogen-bond acceptors (Lipinski definition) is 4. The van der Waals surface area contributed by atoms with E-state index in [1.807, 2.05) is 6.92 Å². The van der Waals surface area contributed by atoms with Crippen LogP contribution in [0.1, 0.15) is 6.92 Å². The molecule has 0 N–H and O–H groups in total. The summed E-state index contributed by atoms with van der Waals surface area (Å²) in [5.41, 5.74) is 0. The second-order valence-corrected chi connectivity index (χ2v) is 4.12. The van der Waals surface area contributed by atoms with Crippen molar-refractivity contribution in [3.63, 3.8) is 0 Å². The molecule has 0 aromatic heterocycles. The lowest BCUT2D eigenvalue weighted by Gasteiger charge is -2.01. The summed E-state index contributed by atoms with van der Waals surface area (Å²) in [5, 5.41) is 0.867. The summed E-state index contributed by atoms with van der Waals surface area (Å²) >= 11 is 0.298. The van der Waals surface area contributed by atoms with Gasteiger partial charge in [-0.1, -0.05) is 0 Å². The molecule has 1 unspecified atom stereocenters. The summed E-state index contributed by atoms with van der Waals surface area (Å²) in [6.45, 7) is 1.84. The van der Waals surface area contributed by atoms with E-state index in [4.69, 9.17) is 0 Å². The summed E-state index contributed by atoms with van der Waals surface area (Å²) in [6, 6.07) is 0. The fourth-order valence-corrected chi connectivity index (χ4v) is 2.11. The normalized spacial score (nSPS) is 30.9. The van der Waals surface area contributed by atoms with Gasteiger partial charge in [-0.25, -0.2) is 0 Å². The lowest BCUT2D eigenvalue weighted by molar-refractivity contribution is 0.568. The zero-order valence-electron chi connectivity index (χ0n) is 4.62. The monoisotopic (exact) mass is 150 g/mol. The van der Waals surface area contributed by atoms with E-state index in [2.05, 4.69) is 4.40 Å². The van der Waals surface area contributed by atoms with Crippen LogP contribution in [0.15, 0.2) is 4.40 Å². The number of nitrogens with zero attached hydrogens (tertiary/aromatic N) is 2. The summed E-state index contributed by atoms with van der Waals surface area (Å²) in [5.74, 6) is 0. The predicted molar refractivity (Wildman–Crippen MR) is 36.6 cm³/mol. The molecule has 1 aliphatic rings. The Morgan fingerprint density at radius 3 is 2.62 bits per heavy atom. The van der Waals surface area contributed by atoms with E-state index < -0.39 is 11.5 Å². The molecule has 5 heteroatoms. The van der Waals surface area contributed by atoms with Gasteiger partial charge in [0.2, 0.25) is 11.5 Å². The van der Waals surface area contributed by atoms with E-state index in [1.54, 1.807) is 10.8 Å². The zero-order chi connectivity index (χ0) is 6.15. The number of hydrogen-bond donors (Lipinski definition) is 0. The van der Waals surface area contributed by atoms with Crippen LogP contribution in [-0.2, 0) is 11.5 Å². The highest BCUT2D eigenvalue weighted by Gasteiger charge is 2.24. The molecule has 1 heterocycles. The van der Waals surface area contributed by atoms with Crippen molar-refractivity contribution in [3.8, 4) is 0 Å². The summed E-state index contributed by atoms with van der Waals surface area (Å²) < 4.78 is 16.0. The summed E-state index contributed by atoms with van der Waals surface area (Å²) in [6.07, 6.45) is 0. The average molecular weight is 150 g/mol. The van der Waals surface area contributed by atoms with Crippen LogP contribution in [0, 0.1) is 0 Å². The number of rotatable bonds is 0. The van der Waals surface area contributed by atoms with Crippen LogP contribution < -0.4 is 0 Å². The van der Waals surface area contributed by atoms with E-state index in [9.17, 15) is 4.55 Å². The predicted octanol–water partition coefficient (Wildman–Crippen LogP) is 0.577. The van der Waals surface area contributed by atoms with Gasteiger partial charge >= 0.3 is 0 Å². The first-order valence-electron chi connectivity index (χ1n) is 2.09. The van der Waals surface area contributed by atoms with Crippen molar-refractivity contribution < 1.29 is 4.55 Å². The van der Waals surface area contributed by atoms with Crippen molar-refractivity contribution in [3.05, 3.63) is 0 Å². The summed E-state index contributed by atoms with van der Waals surface area (Å²) in [7, 11) is 1.75. The van der Waals surface area contributed by atoms with E-state index in [1.165, 1.54) is 11.9 Å². The third-order valence-corrected chi connectivity index (χ3v) is 2.89. The molecule has 0 aliphatic carbocycles. The Hall–Kier alpha value is 0.290. The molecule has 0 saturated heterocycles. The Bertz CT molecular complexity index is 126. The fourth-order valence-electron chi connectivity index (χ4n) is 0.402. The van der Waals surface area contributed by atoms with Crippen LogP contribution in [0.3, 0.4) is 0 Å². The maximum absolute atomic E-state index is 10.6. The molecule has 8 heavy (non-hydrogen) atoms. The quantitative estimate of drug-likeness (QED) is 0.374. The van der Waals surface area contributed by atoms with Gasteiger partial charge in [-0.15, -0.1) is 0 Å². The SMILES string of the molecule is CC1=N[S+]([O-])N(C)S1. The van der Waals surface area contributed by atoms with Gasteiger partial charge in [0.1, 0.15) is 5.04 Å². The molecule has 3 nitrogen and oxygen atoms in total. The molecule has 0 saturated carbocycles. The Kier molecular flexibility index (Phi) is 1.81. The van der Waals surface area contributed by atoms with Gasteiger partial charge in [-0.2, -0.15) is 0 Å². The van der Waals surface area contributed by atoms with Crippen molar-refractivity contribution in [2.75, 3.05) is 7.05 Å². The van der Waals surface area contributed by atoms with Gasteiger partial charge in [-0.05, 0) is 15.0 Å². The van der Waals surface area contributed by atoms with Gasteiger partial charge in [0.05, 0.1) is 0 Å². The lowest BCUT2D eigenvalue weighted by atomic mass is 10.9. The van der Waals surface area contributed by atoms with Crippen molar-refractivity contribution in [1.29, 1.82) is 0 Å². The average Bonchev–Trinajstić information content (AvgIpc) is 1.85. The van der Waals surface area contributed by atoms with Crippen molar-refractivity contribution in [1.82, 2.24) is 3.71 Å². The third kappa shape index (κ3) is 1.17. The molecule has 0 aromatic rings. The van der Waals surface area contributed by atoms with Crippen molar-refractivity contribution >= 4 is 28.5 Å². The molecule has 0 radical (unpaired) electrons. The van der Waals surface area contributed by atoms with Gasteiger partial charge in [0.25, 0.3) is 0 Å². The standard InChI is InChI=1S/C3H6N2OS2/c1-3-4-8(6)5(2)7-3/h1-2H3. The molecule has 46 valence electrons. The molecule has 0 fully saturated rings. The molecular formula is C3H6N2OS2. The highest BCUT2D eigenvalue weighted by molar-refractivity contribution is 8.21. The minimum absolute atomic E-state index is 0.867. The Morgan fingerprint density at radius 2 is 2.50 bits per heavy atom. The van der Waals surface area contributed by atoms with Crippen LogP contribution in [0.4, 0.5) is 0 Å². The smallest absolute Gasteiger partial charge is 0.205 e. The zero-order valence-corrected chi connectivity index (χ0v) is 6.25. The first-order chi connectivity index (χ1) is 3.70. The van der Waals surface area contributed by atoms with Gasteiger partial charge in [0, 0.05) is 19.0 Å². The molecule has 1 rings (SSSR count). The molecule has 0 bridgehead atoms. The largest absolute Gasteiger partial charge is 0.571 e. The van der Waals surface area contributed by atoms with Crippen LogP contribution >= 0.6 is 11.9 Å². The lowest BCUT2D eigenvalue weighted by Crippen LogP contribution is -2.11. The van der Waals surface area contributed by atoms with Crippen LogP contribution in [-0.4, -0.2) is 20.4 Å². The molecule has 1 aliphatic heterocycles. The van der Waals surface area contributed by atoms with Gasteiger partial charge < -0.3 is 4.55 Å². The molecule has 0 spiro atoms. The highest BCUT2D eigenvalue weighted by atomic mass is 32.3. The summed E-state index contributed by atoms with van der Waals surface area (Å²) in [4.78, 5) is 0. The van der Waals surface area contributed by atoms with Gasteiger partial charge in [-0.3, -0.25) is 0 Å². The Balaban J connectivity index is 2.56. The molecule has 0 amide bonds. The second kappa shape index (κ2) is 2.26. The molecule has 1 atom stereocenters. The maximum atomic E-state index is 10.6. The highest BCUT2D eigenvalue weighted by Crippen LogP contribution is 2.23. The van der Waals surface area contributed by atoms with Crippen molar-refractivity contribution in [2.45, 2.75) is 6.92 Å². The first kappa shape index (κ1) is 6.41. The first-order valence-corrected chi connectivity index (χ1v) is 3.93. The van der Waals surface area contributed by atoms with E-state index in [-0.39, 0.29) is 0 Å². The van der Waals surface area contributed by atoms with Crippen LogP contribution in [0.25, 0.3) is 0 Å². The van der Waals surface area contributed by atoms with E-state index in [0.717, 1.165) is 5.04 Å².